The third-order valence-electron chi connectivity index (χ3n) is 10.6. The van der Waals surface area contributed by atoms with Crippen LogP contribution in [-0.2, 0) is 28.9 Å². The molecule has 1 heterocycles. The van der Waals surface area contributed by atoms with Gasteiger partial charge in [-0.25, -0.2) is 4.18 Å². The Morgan fingerprint density at radius 3 is 1.68 bits per heavy atom. The number of unbranched alkanes of at least 4 members (excludes halogenated alkanes) is 22. The van der Waals surface area contributed by atoms with Crippen molar-refractivity contribution in [2.45, 2.75) is 230 Å². The summed E-state index contributed by atoms with van der Waals surface area (Å²) in [5.41, 5.74) is 0. The lowest BCUT2D eigenvalue weighted by molar-refractivity contribution is -0.298. The summed E-state index contributed by atoms with van der Waals surface area (Å²) in [6, 6.07) is -1.13. The van der Waals surface area contributed by atoms with Crippen LogP contribution in [0.2, 0.25) is 0 Å². The molecule has 8 unspecified atom stereocenters. The Morgan fingerprint density at radius 2 is 1.18 bits per heavy atom. The van der Waals surface area contributed by atoms with Crippen molar-refractivity contribution in [2.24, 2.45) is 0 Å². The number of nitrogens with one attached hydrogen (secondary N) is 1. The summed E-state index contributed by atoms with van der Waals surface area (Å²) in [4.78, 5) is 13.0. The zero-order chi connectivity index (χ0) is 42.2. The van der Waals surface area contributed by atoms with Gasteiger partial charge in [-0.05, 0) is 32.1 Å². The van der Waals surface area contributed by atoms with E-state index in [0.717, 1.165) is 44.9 Å². The summed E-state index contributed by atoms with van der Waals surface area (Å²) in [5, 5.41) is 54.9. The van der Waals surface area contributed by atoms with Crippen molar-refractivity contribution in [1.82, 2.24) is 5.32 Å². The van der Waals surface area contributed by atoms with E-state index in [1.54, 1.807) is 6.08 Å². The predicted octanol–water partition coefficient (Wildman–Crippen LogP) is 7.13. The minimum atomic E-state index is -5.12. The molecule has 1 fully saturated rings. The first-order chi connectivity index (χ1) is 27.4. The molecule has 0 aliphatic carbocycles. The van der Waals surface area contributed by atoms with Gasteiger partial charge in [0.1, 0.15) is 30.5 Å². The lowest BCUT2D eigenvalue weighted by atomic mass is 9.99. The average Bonchev–Trinajstić information content (AvgIpc) is 3.18. The van der Waals surface area contributed by atoms with Crippen LogP contribution in [0.5, 0.6) is 0 Å². The normalized spacial score (nSPS) is 22.0. The minimum Gasteiger partial charge on any atom is -0.394 e. The molecule has 57 heavy (non-hydrogen) atoms. The van der Waals surface area contributed by atoms with E-state index in [9.17, 15) is 38.7 Å². The molecule has 0 aromatic heterocycles. The summed E-state index contributed by atoms with van der Waals surface area (Å²) in [6.07, 6.45) is 25.8. The second kappa shape index (κ2) is 34.3. The van der Waals surface area contributed by atoms with Crippen molar-refractivity contribution in [3.05, 3.63) is 24.3 Å². The molecule has 13 nitrogen and oxygen atoms in total. The van der Waals surface area contributed by atoms with E-state index in [2.05, 4.69) is 35.5 Å². The molecule has 7 N–H and O–H groups in total. The van der Waals surface area contributed by atoms with Crippen LogP contribution in [0.3, 0.4) is 0 Å². The monoisotopic (exact) mass is 836 g/mol. The fourth-order valence-electron chi connectivity index (χ4n) is 7.01. The Balaban J connectivity index is 2.52. The van der Waals surface area contributed by atoms with Crippen LogP contribution in [0, 0.1) is 0 Å². The number of hydrogen-bond donors (Lipinski definition) is 7. The Kier molecular flexibility index (Phi) is 32.2. The highest BCUT2D eigenvalue weighted by molar-refractivity contribution is 7.80. The molecular weight excluding hydrogens is 755 g/mol. The standard InChI is InChI=1S/C43H81NO12S/c1-3-5-7-9-11-13-14-15-16-17-18-19-20-21-22-24-26-28-30-32-37(47)42(50)44-35(36(46)31-29-27-25-23-12-10-8-6-4-2)34-54-43-40(49)41(56-57(51,52)53)39(48)38(33-45)55-43/h12,23,29,31,35-41,43,45-49H,3-11,13-22,24-28,30,32-34H2,1-2H3,(H,44,50)(H,51,52,53)/b23-12+,31-29+. The number of carbonyl (C=O) groups is 1. The number of rotatable bonds is 37. The van der Waals surface area contributed by atoms with Crippen LogP contribution in [0.4, 0.5) is 0 Å². The quantitative estimate of drug-likeness (QED) is 0.0189. The molecule has 1 amide bonds. The van der Waals surface area contributed by atoms with Crippen molar-refractivity contribution in [1.29, 1.82) is 0 Å². The van der Waals surface area contributed by atoms with E-state index in [-0.39, 0.29) is 6.42 Å². The number of carbonyl (C=O) groups excluding carboxylic acids is 1. The van der Waals surface area contributed by atoms with Crippen molar-refractivity contribution < 1.29 is 57.0 Å². The van der Waals surface area contributed by atoms with Gasteiger partial charge < -0.3 is 40.3 Å². The highest BCUT2D eigenvalue weighted by Gasteiger charge is 2.48. The average molecular weight is 836 g/mol. The van der Waals surface area contributed by atoms with E-state index < -0.39 is 78.5 Å². The topological polar surface area (TPSA) is 212 Å². The molecule has 0 aromatic rings. The van der Waals surface area contributed by atoms with Gasteiger partial charge in [0.05, 0.1) is 25.4 Å². The van der Waals surface area contributed by atoms with Crippen LogP contribution >= 0.6 is 0 Å². The molecule has 0 bridgehead atoms. The van der Waals surface area contributed by atoms with E-state index in [1.165, 1.54) is 109 Å². The highest BCUT2D eigenvalue weighted by atomic mass is 32.3. The number of amides is 1. The third-order valence-corrected chi connectivity index (χ3v) is 11.1. The zero-order valence-corrected chi connectivity index (χ0v) is 36.1. The van der Waals surface area contributed by atoms with Gasteiger partial charge in [-0.3, -0.25) is 9.35 Å². The maximum atomic E-state index is 13.0. The van der Waals surface area contributed by atoms with Crippen LogP contribution in [-0.4, -0.2) is 107 Å². The molecule has 0 spiro atoms. The number of ether oxygens (including phenoxy) is 2. The lowest BCUT2D eigenvalue weighted by Crippen LogP contribution is -2.61. The molecule has 0 radical (unpaired) electrons. The second-order valence-electron chi connectivity index (χ2n) is 15.8. The van der Waals surface area contributed by atoms with Gasteiger partial charge in [0, 0.05) is 0 Å². The van der Waals surface area contributed by atoms with E-state index in [4.69, 9.17) is 14.0 Å². The van der Waals surface area contributed by atoms with Gasteiger partial charge >= 0.3 is 10.4 Å². The predicted molar refractivity (Wildman–Crippen MR) is 224 cm³/mol. The molecule has 1 aliphatic heterocycles. The Morgan fingerprint density at radius 1 is 0.702 bits per heavy atom. The first-order valence-corrected chi connectivity index (χ1v) is 23.7. The second-order valence-corrected chi connectivity index (χ2v) is 16.8. The lowest BCUT2D eigenvalue weighted by Gasteiger charge is -2.41. The highest BCUT2D eigenvalue weighted by Crippen LogP contribution is 2.26. The van der Waals surface area contributed by atoms with Crippen molar-refractivity contribution in [3.63, 3.8) is 0 Å². The van der Waals surface area contributed by atoms with Crippen LogP contribution in [0.15, 0.2) is 24.3 Å². The molecule has 0 aromatic carbocycles. The van der Waals surface area contributed by atoms with Gasteiger partial charge in [-0.2, -0.15) is 8.42 Å². The first kappa shape index (κ1) is 53.6. The van der Waals surface area contributed by atoms with Crippen LogP contribution in [0.1, 0.15) is 181 Å². The SMILES string of the molecule is CCCCC/C=C/CC/C=C/C(O)C(COC1OC(CO)C(O)C(OS(=O)(=O)O)C1O)NC(=O)C(O)CCCCCCCCCCCCCCCCCCCCC. The maximum Gasteiger partial charge on any atom is 0.397 e. The van der Waals surface area contributed by atoms with Gasteiger partial charge in [-0.15, -0.1) is 0 Å². The largest absolute Gasteiger partial charge is 0.397 e. The Labute approximate surface area is 345 Å². The summed E-state index contributed by atoms with van der Waals surface area (Å²) < 4.78 is 47.3. The van der Waals surface area contributed by atoms with Gasteiger partial charge in [0.25, 0.3) is 0 Å². The number of aliphatic hydroxyl groups excluding tert-OH is 5. The molecular formula is C43H81NO12S. The Bertz CT molecular complexity index is 1140. The van der Waals surface area contributed by atoms with E-state index in [0.29, 0.717) is 12.8 Å². The summed E-state index contributed by atoms with van der Waals surface area (Å²) in [7, 11) is -5.12. The first-order valence-electron chi connectivity index (χ1n) is 22.3. The van der Waals surface area contributed by atoms with Gasteiger partial charge in [-0.1, -0.05) is 173 Å². The van der Waals surface area contributed by atoms with Crippen LogP contribution in [0.25, 0.3) is 0 Å². The zero-order valence-electron chi connectivity index (χ0n) is 35.3. The Hall–Kier alpha value is -1.46. The summed E-state index contributed by atoms with van der Waals surface area (Å²) >= 11 is 0. The van der Waals surface area contributed by atoms with Crippen molar-refractivity contribution in [2.75, 3.05) is 13.2 Å². The summed E-state index contributed by atoms with van der Waals surface area (Å²) in [5.74, 6) is -0.713. The fraction of sp³-hybridized carbons (Fsp3) is 0.884. The van der Waals surface area contributed by atoms with E-state index in [1.807, 2.05) is 0 Å². The molecule has 1 rings (SSSR count). The van der Waals surface area contributed by atoms with E-state index >= 15 is 0 Å². The molecule has 14 heteroatoms. The third kappa shape index (κ3) is 27.1. The molecule has 336 valence electrons. The fourth-order valence-corrected chi connectivity index (χ4v) is 7.51. The molecule has 1 saturated heterocycles. The number of allylic oxidation sites excluding steroid dienone is 3. The summed E-state index contributed by atoms with van der Waals surface area (Å²) in [6.45, 7) is 3.13. The smallest absolute Gasteiger partial charge is 0.394 e. The number of aliphatic hydroxyl groups is 5. The van der Waals surface area contributed by atoms with Crippen LogP contribution < -0.4 is 5.32 Å². The van der Waals surface area contributed by atoms with Gasteiger partial charge in [0.2, 0.25) is 5.91 Å². The molecule has 1 aliphatic rings. The van der Waals surface area contributed by atoms with Crippen molar-refractivity contribution in [3.8, 4) is 0 Å². The minimum absolute atomic E-state index is 0.240. The number of hydrogen-bond acceptors (Lipinski definition) is 11. The van der Waals surface area contributed by atoms with Crippen molar-refractivity contribution >= 4 is 16.3 Å². The molecule has 0 saturated carbocycles. The van der Waals surface area contributed by atoms with Gasteiger partial charge in [0.15, 0.2) is 6.29 Å². The molecule has 8 atom stereocenters. The maximum absolute atomic E-state index is 13.0.